The van der Waals surface area contributed by atoms with E-state index in [0.29, 0.717) is 17.6 Å². The van der Waals surface area contributed by atoms with Crippen LogP contribution in [-0.4, -0.2) is 27.6 Å². The average Bonchev–Trinajstić information content (AvgIpc) is 3.45. The molecule has 41 heavy (non-hydrogen) atoms. The predicted octanol–water partition coefficient (Wildman–Crippen LogP) is 8.83. The normalized spacial score (nSPS) is 11.3. The molecule has 0 radical (unpaired) electrons. The number of carboxylic acid groups (broad SMARTS) is 1. The number of rotatable bonds is 15. The molecule has 0 fully saturated rings. The van der Waals surface area contributed by atoms with Gasteiger partial charge in [0.15, 0.2) is 0 Å². The lowest BCUT2D eigenvalue weighted by Crippen LogP contribution is -2.27. The van der Waals surface area contributed by atoms with E-state index in [0.717, 1.165) is 29.4 Å². The maximum absolute atomic E-state index is 11.2. The summed E-state index contributed by atoms with van der Waals surface area (Å²) in [5, 5.41) is 12.0. The van der Waals surface area contributed by atoms with E-state index < -0.39 is 5.97 Å². The van der Waals surface area contributed by atoms with E-state index in [1.165, 1.54) is 72.3 Å². The van der Waals surface area contributed by atoms with E-state index in [1.807, 2.05) is 5.38 Å². The van der Waals surface area contributed by atoms with Crippen molar-refractivity contribution in [2.24, 2.45) is 5.92 Å². The van der Waals surface area contributed by atoms with Gasteiger partial charge in [-0.2, -0.15) is 0 Å². The average molecular weight is 572 g/mol. The molecule has 0 saturated carbocycles. The fraction of sp³-hybridized carbons (Fsp3) is 0.382. The van der Waals surface area contributed by atoms with E-state index in [2.05, 4.69) is 86.1 Å². The minimum Gasteiger partial charge on any atom is -0.485 e. The standard InChI is InChI=1S/C34H41N3O3S/c1-5-7-26(8-6-2)27-13-15-30(16-14-27)37(20-24(3)4)21-25-9-11-28(12-10-25)32-23-41-33(36-32)22-40-31-17-29(34(38)39)18-35-19-31/h9-19,23-24,26H,5-8,20-22H2,1-4H3,(H,38,39). The van der Waals surface area contributed by atoms with Crippen LogP contribution in [0.3, 0.4) is 0 Å². The van der Waals surface area contributed by atoms with Crippen LogP contribution in [0.1, 0.15) is 85.8 Å². The highest BCUT2D eigenvalue weighted by Crippen LogP contribution is 2.29. The number of pyridine rings is 1. The minimum absolute atomic E-state index is 0.0963. The van der Waals surface area contributed by atoms with Crippen LogP contribution in [0.5, 0.6) is 5.75 Å². The third-order valence-electron chi connectivity index (χ3n) is 7.09. The zero-order valence-electron chi connectivity index (χ0n) is 24.5. The second kappa shape index (κ2) is 14.8. The second-order valence-corrected chi connectivity index (χ2v) is 11.9. The molecule has 0 spiro atoms. The molecule has 2 heterocycles. The van der Waals surface area contributed by atoms with Crippen molar-refractivity contribution in [3.05, 3.63) is 94.1 Å². The third kappa shape index (κ3) is 8.64. The molecule has 0 saturated heterocycles. The third-order valence-corrected chi connectivity index (χ3v) is 7.91. The Morgan fingerprint density at radius 2 is 1.71 bits per heavy atom. The number of benzene rings is 2. The number of aromatic nitrogens is 2. The number of hydrogen-bond donors (Lipinski definition) is 1. The Balaban J connectivity index is 1.40. The molecule has 0 atom stereocenters. The van der Waals surface area contributed by atoms with Gasteiger partial charge in [0.05, 0.1) is 17.5 Å². The Morgan fingerprint density at radius 3 is 2.34 bits per heavy atom. The van der Waals surface area contributed by atoms with Crippen molar-refractivity contribution in [3.8, 4) is 17.0 Å². The van der Waals surface area contributed by atoms with Gasteiger partial charge in [-0.3, -0.25) is 4.98 Å². The van der Waals surface area contributed by atoms with Gasteiger partial charge in [0.25, 0.3) is 0 Å². The maximum atomic E-state index is 11.2. The van der Waals surface area contributed by atoms with Crippen LogP contribution in [0.15, 0.2) is 72.4 Å². The van der Waals surface area contributed by atoms with Crippen LogP contribution in [0, 0.1) is 5.92 Å². The number of carbonyl (C=O) groups is 1. The molecule has 0 aliphatic rings. The van der Waals surface area contributed by atoms with Crippen LogP contribution in [-0.2, 0) is 13.2 Å². The van der Waals surface area contributed by atoms with Gasteiger partial charge in [0.1, 0.15) is 17.4 Å². The molecule has 2 aromatic carbocycles. The van der Waals surface area contributed by atoms with Crippen molar-refractivity contribution in [3.63, 3.8) is 0 Å². The van der Waals surface area contributed by atoms with E-state index >= 15 is 0 Å². The number of carboxylic acids is 1. The van der Waals surface area contributed by atoms with E-state index in [4.69, 9.17) is 14.8 Å². The predicted molar refractivity (Wildman–Crippen MR) is 168 cm³/mol. The topological polar surface area (TPSA) is 75.5 Å². The second-order valence-electron chi connectivity index (χ2n) is 11.0. The Kier molecular flexibility index (Phi) is 10.9. The monoisotopic (exact) mass is 571 g/mol. The van der Waals surface area contributed by atoms with Crippen molar-refractivity contribution in [2.45, 2.75) is 72.4 Å². The molecule has 4 rings (SSSR count). The van der Waals surface area contributed by atoms with E-state index in [-0.39, 0.29) is 12.2 Å². The number of aromatic carboxylic acids is 1. The first-order valence-electron chi connectivity index (χ1n) is 14.6. The Morgan fingerprint density at radius 1 is 1.00 bits per heavy atom. The van der Waals surface area contributed by atoms with Crippen molar-refractivity contribution in [1.82, 2.24) is 9.97 Å². The highest BCUT2D eigenvalue weighted by Gasteiger charge is 2.14. The van der Waals surface area contributed by atoms with Crippen LogP contribution in [0.2, 0.25) is 0 Å². The smallest absolute Gasteiger partial charge is 0.337 e. The molecule has 2 aromatic heterocycles. The summed E-state index contributed by atoms with van der Waals surface area (Å²) in [6.07, 6.45) is 7.75. The van der Waals surface area contributed by atoms with Gasteiger partial charge in [-0.05, 0) is 54.0 Å². The quantitative estimate of drug-likeness (QED) is 0.154. The maximum Gasteiger partial charge on any atom is 0.337 e. The molecule has 0 amide bonds. The number of nitrogens with zero attached hydrogens (tertiary/aromatic N) is 3. The van der Waals surface area contributed by atoms with Gasteiger partial charge < -0.3 is 14.7 Å². The zero-order chi connectivity index (χ0) is 29.2. The number of hydrogen-bond acceptors (Lipinski definition) is 6. The highest BCUT2D eigenvalue weighted by molar-refractivity contribution is 7.09. The largest absolute Gasteiger partial charge is 0.485 e. The summed E-state index contributed by atoms with van der Waals surface area (Å²) in [7, 11) is 0. The van der Waals surface area contributed by atoms with Gasteiger partial charge in [-0.25, -0.2) is 9.78 Å². The summed E-state index contributed by atoms with van der Waals surface area (Å²) in [5.41, 5.74) is 6.05. The summed E-state index contributed by atoms with van der Waals surface area (Å²) in [4.78, 5) is 22.3. The fourth-order valence-corrected chi connectivity index (χ4v) is 5.82. The number of anilines is 1. The number of ether oxygens (including phenoxy) is 1. The SMILES string of the molecule is CCCC(CCC)c1ccc(N(Cc2ccc(-c3csc(COc4cncc(C(=O)O)c4)n3)cc2)CC(C)C)cc1. The molecular formula is C34H41N3O3S. The van der Waals surface area contributed by atoms with Crippen molar-refractivity contribution in [2.75, 3.05) is 11.4 Å². The molecule has 7 heteroatoms. The van der Waals surface area contributed by atoms with Crippen molar-refractivity contribution >= 4 is 23.0 Å². The van der Waals surface area contributed by atoms with Gasteiger partial charge in [0, 0.05) is 35.9 Å². The van der Waals surface area contributed by atoms with Crippen LogP contribution < -0.4 is 9.64 Å². The summed E-state index contributed by atoms with van der Waals surface area (Å²) in [6.45, 7) is 11.2. The lowest BCUT2D eigenvalue weighted by Gasteiger charge is -2.28. The fourth-order valence-electron chi connectivity index (χ4n) is 5.10. The molecule has 0 bridgehead atoms. The first kappa shape index (κ1) is 30.3. The molecule has 6 nitrogen and oxygen atoms in total. The molecule has 0 aliphatic heterocycles. The molecule has 1 N–H and O–H groups in total. The van der Waals surface area contributed by atoms with Crippen LogP contribution in [0.25, 0.3) is 11.3 Å². The summed E-state index contributed by atoms with van der Waals surface area (Å²) >= 11 is 1.52. The Hall–Kier alpha value is -3.71. The molecule has 0 aliphatic carbocycles. The van der Waals surface area contributed by atoms with Gasteiger partial charge in [-0.1, -0.05) is 76.9 Å². The molecule has 216 valence electrons. The Bertz CT molecular complexity index is 1380. The first-order valence-corrected chi connectivity index (χ1v) is 15.4. The number of thiazole rings is 1. The van der Waals surface area contributed by atoms with Gasteiger partial charge in [0.2, 0.25) is 0 Å². The van der Waals surface area contributed by atoms with Gasteiger partial charge in [-0.15, -0.1) is 11.3 Å². The van der Waals surface area contributed by atoms with Crippen LogP contribution in [0.4, 0.5) is 5.69 Å². The summed E-state index contributed by atoms with van der Waals surface area (Å²) in [5.74, 6) is 0.590. The summed E-state index contributed by atoms with van der Waals surface area (Å²) in [6, 6.07) is 19.4. The molecular weight excluding hydrogens is 530 g/mol. The van der Waals surface area contributed by atoms with Gasteiger partial charge >= 0.3 is 5.97 Å². The van der Waals surface area contributed by atoms with Crippen LogP contribution >= 0.6 is 11.3 Å². The minimum atomic E-state index is -1.03. The lowest BCUT2D eigenvalue weighted by molar-refractivity contribution is 0.0695. The first-order chi connectivity index (χ1) is 19.9. The van der Waals surface area contributed by atoms with Crippen molar-refractivity contribution in [1.29, 1.82) is 0 Å². The van der Waals surface area contributed by atoms with Crippen molar-refractivity contribution < 1.29 is 14.6 Å². The lowest BCUT2D eigenvalue weighted by atomic mass is 9.90. The Labute approximate surface area is 248 Å². The zero-order valence-corrected chi connectivity index (χ0v) is 25.4. The summed E-state index contributed by atoms with van der Waals surface area (Å²) < 4.78 is 5.73. The molecule has 0 unspecified atom stereocenters. The molecule has 4 aromatic rings. The van der Waals surface area contributed by atoms with E-state index in [9.17, 15) is 4.79 Å². The highest BCUT2D eigenvalue weighted by atomic mass is 32.1. The van der Waals surface area contributed by atoms with E-state index in [1.54, 1.807) is 0 Å².